The van der Waals surface area contributed by atoms with E-state index in [-0.39, 0.29) is 0 Å². The van der Waals surface area contributed by atoms with Crippen molar-refractivity contribution in [1.82, 2.24) is 0 Å². The lowest BCUT2D eigenvalue weighted by Crippen LogP contribution is -2.23. The largest absolute Gasteiger partial charge is 0.377 e. The van der Waals surface area contributed by atoms with Crippen molar-refractivity contribution in [3.63, 3.8) is 0 Å². The monoisotopic (exact) mass is 199 g/mol. The van der Waals surface area contributed by atoms with Crippen LogP contribution in [0.1, 0.15) is 11.1 Å². The molecule has 76 valence electrons. The van der Waals surface area contributed by atoms with Crippen molar-refractivity contribution in [3.8, 4) is 0 Å². The molecule has 0 unspecified atom stereocenters. The van der Waals surface area contributed by atoms with Crippen molar-refractivity contribution in [2.24, 2.45) is 0 Å². The highest BCUT2D eigenvalue weighted by atomic mass is 16.3. The first kappa shape index (κ1) is 9.87. The molecule has 0 aliphatic heterocycles. The van der Waals surface area contributed by atoms with Crippen molar-refractivity contribution in [2.45, 2.75) is 12.5 Å². The number of rotatable bonds is 1. The van der Waals surface area contributed by atoms with E-state index in [0.717, 1.165) is 11.1 Å². The molecule has 1 aromatic carbocycles. The topological polar surface area (TPSA) is 44.1 Å². The van der Waals surface area contributed by atoms with E-state index < -0.39 is 5.60 Å². The lowest BCUT2D eigenvalue weighted by atomic mass is 9.87. The van der Waals surface area contributed by atoms with Crippen molar-refractivity contribution < 1.29 is 5.11 Å². The van der Waals surface area contributed by atoms with Crippen LogP contribution in [0.15, 0.2) is 48.6 Å². The Bertz CT molecular complexity index is 441. The summed E-state index contributed by atoms with van der Waals surface area (Å²) in [6.07, 6.45) is 6.54. The van der Waals surface area contributed by atoms with Crippen LogP contribution in [0.5, 0.6) is 0 Å². The van der Waals surface area contributed by atoms with Gasteiger partial charge in [0, 0.05) is 0 Å². The van der Waals surface area contributed by atoms with Crippen LogP contribution in [-0.4, -0.2) is 10.8 Å². The van der Waals surface area contributed by atoms with E-state index in [4.69, 9.17) is 5.41 Å². The van der Waals surface area contributed by atoms with Gasteiger partial charge in [-0.15, -0.1) is 0 Å². The second-order valence-electron chi connectivity index (χ2n) is 3.76. The van der Waals surface area contributed by atoms with Crippen molar-refractivity contribution in [2.75, 3.05) is 0 Å². The van der Waals surface area contributed by atoms with Gasteiger partial charge in [0.05, 0.1) is 5.71 Å². The third-order valence-electron chi connectivity index (χ3n) is 2.61. The molecule has 1 aliphatic carbocycles. The molecule has 0 bridgehead atoms. The molecule has 0 radical (unpaired) electrons. The quantitative estimate of drug-likeness (QED) is 0.716. The van der Waals surface area contributed by atoms with E-state index in [1.165, 1.54) is 0 Å². The molecule has 0 atom stereocenters. The summed E-state index contributed by atoms with van der Waals surface area (Å²) in [6.45, 7) is 1.97. The van der Waals surface area contributed by atoms with Gasteiger partial charge in [0.2, 0.25) is 0 Å². The minimum atomic E-state index is -1.06. The van der Waals surface area contributed by atoms with E-state index in [9.17, 15) is 5.11 Å². The first-order chi connectivity index (χ1) is 7.12. The fraction of sp³-hybridized carbons (Fsp3) is 0.154. The van der Waals surface area contributed by atoms with Crippen LogP contribution in [0.4, 0.5) is 0 Å². The summed E-state index contributed by atoms with van der Waals surface area (Å²) in [5, 5.41) is 17.8. The van der Waals surface area contributed by atoms with Gasteiger partial charge in [-0.1, -0.05) is 24.3 Å². The molecule has 1 aromatic rings. The predicted molar refractivity (Wildman–Crippen MR) is 61.1 cm³/mol. The minimum Gasteiger partial charge on any atom is -0.377 e. The highest BCUT2D eigenvalue weighted by Gasteiger charge is 2.26. The van der Waals surface area contributed by atoms with Gasteiger partial charge in [-0.2, -0.15) is 0 Å². The number of hydrogen-bond acceptors (Lipinski definition) is 2. The number of benzene rings is 1. The molecule has 2 rings (SSSR count). The van der Waals surface area contributed by atoms with Gasteiger partial charge in [-0.25, -0.2) is 0 Å². The predicted octanol–water partition coefficient (Wildman–Crippen LogP) is 2.33. The molecule has 0 spiro atoms. The van der Waals surface area contributed by atoms with Crippen LogP contribution in [-0.2, 0) is 5.60 Å². The Labute approximate surface area is 89.1 Å². The van der Waals surface area contributed by atoms with Gasteiger partial charge >= 0.3 is 0 Å². The summed E-state index contributed by atoms with van der Waals surface area (Å²) >= 11 is 0. The van der Waals surface area contributed by atoms with E-state index in [0.29, 0.717) is 5.71 Å². The van der Waals surface area contributed by atoms with Gasteiger partial charge in [0.1, 0.15) is 5.60 Å². The molecule has 0 amide bonds. The van der Waals surface area contributed by atoms with Crippen LogP contribution >= 0.6 is 0 Å². The van der Waals surface area contributed by atoms with Crippen LogP contribution in [0.25, 0.3) is 0 Å². The Balaban J connectivity index is 2.48. The van der Waals surface area contributed by atoms with Crippen LogP contribution < -0.4 is 0 Å². The van der Waals surface area contributed by atoms with Crippen LogP contribution in [0.2, 0.25) is 0 Å². The van der Waals surface area contributed by atoms with Gasteiger partial charge in [-0.05, 0) is 42.4 Å². The van der Waals surface area contributed by atoms with E-state index in [2.05, 4.69) is 0 Å². The second-order valence-corrected chi connectivity index (χ2v) is 3.76. The molecule has 0 heterocycles. The maximum Gasteiger partial charge on any atom is 0.127 e. The molecular formula is C13H13NO. The molecule has 2 heteroatoms. The van der Waals surface area contributed by atoms with Crippen LogP contribution in [0.3, 0.4) is 0 Å². The zero-order chi connectivity index (χ0) is 10.9. The van der Waals surface area contributed by atoms with E-state index in [1.807, 2.05) is 31.2 Å². The molecule has 0 aromatic heterocycles. The summed E-state index contributed by atoms with van der Waals surface area (Å²) in [4.78, 5) is 0. The fourth-order valence-electron chi connectivity index (χ4n) is 1.75. The van der Waals surface area contributed by atoms with Gasteiger partial charge in [0.25, 0.3) is 0 Å². The normalized spacial score (nSPS) is 24.5. The maximum absolute atomic E-state index is 10.4. The third kappa shape index (κ3) is 1.76. The zero-order valence-corrected chi connectivity index (χ0v) is 8.57. The zero-order valence-electron chi connectivity index (χ0n) is 8.57. The van der Waals surface area contributed by atoms with E-state index >= 15 is 0 Å². The second kappa shape index (κ2) is 3.48. The molecule has 0 saturated carbocycles. The summed E-state index contributed by atoms with van der Waals surface area (Å²) in [7, 11) is 0. The summed E-state index contributed by atoms with van der Waals surface area (Å²) in [5.41, 5.74) is 1.26. The molecular weight excluding hydrogens is 186 g/mol. The lowest BCUT2D eigenvalue weighted by molar-refractivity contribution is 0.142. The Hall–Kier alpha value is -1.67. The van der Waals surface area contributed by atoms with Crippen molar-refractivity contribution in [1.29, 1.82) is 5.41 Å². The number of aryl methyl sites for hydroxylation is 1. The fourth-order valence-corrected chi connectivity index (χ4v) is 1.75. The Morgan fingerprint density at radius 3 is 2.33 bits per heavy atom. The van der Waals surface area contributed by atoms with E-state index in [1.54, 1.807) is 24.3 Å². The standard InChI is InChI=1S/C13H13NO/c1-10-4-2-3-5-12(10)13(15)8-6-11(14)7-9-13/h2-9,14-15H,1H3. The van der Waals surface area contributed by atoms with Crippen LogP contribution in [0, 0.1) is 12.3 Å². The highest BCUT2D eigenvalue weighted by molar-refractivity contribution is 6.02. The van der Waals surface area contributed by atoms with Crippen molar-refractivity contribution >= 4 is 5.71 Å². The lowest BCUT2D eigenvalue weighted by Gasteiger charge is -2.25. The van der Waals surface area contributed by atoms with Gasteiger partial charge in [0.15, 0.2) is 0 Å². The molecule has 0 saturated heterocycles. The maximum atomic E-state index is 10.4. The Morgan fingerprint density at radius 1 is 1.13 bits per heavy atom. The van der Waals surface area contributed by atoms with Gasteiger partial charge in [-0.3, -0.25) is 0 Å². The molecule has 2 N–H and O–H groups in total. The average Bonchev–Trinajstić information content (AvgIpc) is 2.23. The Morgan fingerprint density at radius 2 is 1.73 bits per heavy atom. The molecule has 15 heavy (non-hydrogen) atoms. The molecule has 0 fully saturated rings. The van der Waals surface area contributed by atoms with Gasteiger partial charge < -0.3 is 10.5 Å². The first-order valence-electron chi connectivity index (χ1n) is 4.87. The first-order valence-corrected chi connectivity index (χ1v) is 4.87. The summed E-state index contributed by atoms with van der Waals surface area (Å²) in [6, 6.07) is 7.72. The summed E-state index contributed by atoms with van der Waals surface area (Å²) in [5.74, 6) is 0. The molecule has 1 aliphatic rings. The van der Waals surface area contributed by atoms with Crippen molar-refractivity contribution in [3.05, 3.63) is 59.7 Å². The summed E-state index contributed by atoms with van der Waals surface area (Å²) < 4.78 is 0. The smallest absolute Gasteiger partial charge is 0.127 e. The number of allylic oxidation sites excluding steroid dienone is 2. The third-order valence-corrected chi connectivity index (χ3v) is 2.61. The average molecular weight is 199 g/mol. The number of hydrogen-bond donors (Lipinski definition) is 2. The molecule has 2 nitrogen and oxygen atoms in total. The highest BCUT2D eigenvalue weighted by Crippen LogP contribution is 2.29. The SMILES string of the molecule is Cc1ccccc1C1(O)C=CC(=N)C=C1. The Kier molecular flexibility index (Phi) is 2.29. The number of nitrogens with one attached hydrogen (secondary N) is 1. The minimum absolute atomic E-state index is 0.410. The number of aliphatic hydroxyl groups is 1.